The number of rotatable bonds is 7. The van der Waals surface area contributed by atoms with Gasteiger partial charge >= 0.3 is 0 Å². The normalized spacial score (nSPS) is 11.9. The molecule has 5 nitrogen and oxygen atoms in total. The van der Waals surface area contributed by atoms with E-state index in [9.17, 15) is 9.59 Å². The van der Waals surface area contributed by atoms with Crippen molar-refractivity contribution < 1.29 is 4.79 Å². The van der Waals surface area contributed by atoms with Crippen LogP contribution in [-0.2, 0) is 0 Å². The molecule has 0 aliphatic rings. The number of hydrogen-bond acceptors (Lipinski definition) is 3. The average molecular weight is 313 g/mol. The van der Waals surface area contributed by atoms with Crippen molar-refractivity contribution >= 4 is 5.91 Å². The van der Waals surface area contributed by atoms with E-state index in [1.165, 1.54) is 16.8 Å². The molecule has 0 fully saturated rings. The zero-order valence-electron chi connectivity index (χ0n) is 13.7. The molecule has 1 amide bonds. The first-order chi connectivity index (χ1) is 11.1. The number of hydrogen-bond donors (Lipinski definition) is 1. The van der Waals surface area contributed by atoms with Gasteiger partial charge in [-0.2, -0.15) is 9.78 Å². The van der Waals surface area contributed by atoms with Crippen LogP contribution in [-0.4, -0.2) is 21.7 Å². The number of benzene rings is 1. The maximum atomic E-state index is 12.3. The van der Waals surface area contributed by atoms with Crippen LogP contribution in [0.4, 0.5) is 0 Å². The first-order valence-electron chi connectivity index (χ1n) is 8.08. The third kappa shape index (κ3) is 4.77. The summed E-state index contributed by atoms with van der Waals surface area (Å²) in [4.78, 5) is 24.3. The average Bonchev–Trinajstić information content (AvgIpc) is 2.56. The number of amides is 1. The molecule has 23 heavy (non-hydrogen) atoms. The molecule has 0 bridgehead atoms. The van der Waals surface area contributed by atoms with E-state index in [1.54, 1.807) is 12.1 Å². The van der Waals surface area contributed by atoms with Gasteiger partial charge in [0, 0.05) is 12.1 Å². The number of carbonyl (C=O) groups excluding carboxylic acids is 1. The Kier molecular flexibility index (Phi) is 6.09. The van der Waals surface area contributed by atoms with Gasteiger partial charge in [0.05, 0.1) is 5.69 Å². The van der Waals surface area contributed by atoms with Crippen LogP contribution >= 0.6 is 0 Å². The van der Waals surface area contributed by atoms with E-state index >= 15 is 0 Å². The molecule has 2 rings (SSSR count). The maximum absolute atomic E-state index is 12.3. The van der Waals surface area contributed by atoms with Gasteiger partial charge in [0.2, 0.25) is 0 Å². The summed E-state index contributed by atoms with van der Waals surface area (Å²) in [6.45, 7) is 4.14. The van der Waals surface area contributed by atoms with Gasteiger partial charge in [-0.15, -0.1) is 0 Å². The van der Waals surface area contributed by atoms with Crippen LogP contribution in [0, 0.1) is 0 Å². The molecule has 0 spiro atoms. The fourth-order valence-corrected chi connectivity index (χ4v) is 2.36. The van der Waals surface area contributed by atoms with Gasteiger partial charge in [-0.05, 0) is 31.5 Å². The number of unbranched alkanes of at least 4 members (excludes halogenated alkanes) is 2. The second-order valence-corrected chi connectivity index (χ2v) is 5.67. The van der Waals surface area contributed by atoms with E-state index in [4.69, 9.17) is 0 Å². The van der Waals surface area contributed by atoms with Crippen LogP contribution in [0.15, 0.2) is 47.3 Å². The van der Waals surface area contributed by atoms with Gasteiger partial charge in [0.15, 0.2) is 0 Å². The molecule has 0 saturated heterocycles. The molecule has 1 atom stereocenters. The molecular weight excluding hydrogens is 290 g/mol. The van der Waals surface area contributed by atoms with Crippen molar-refractivity contribution in [2.45, 2.75) is 45.6 Å². The Bertz CT molecular complexity index is 695. The molecule has 1 N–H and O–H groups in total. The van der Waals surface area contributed by atoms with Crippen molar-refractivity contribution in [1.82, 2.24) is 15.1 Å². The Morgan fingerprint density at radius 2 is 1.91 bits per heavy atom. The van der Waals surface area contributed by atoms with Gasteiger partial charge in [-0.3, -0.25) is 9.59 Å². The Morgan fingerprint density at radius 1 is 1.17 bits per heavy atom. The minimum absolute atomic E-state index is 0.0907. The Hall–Kier alpha value is -2.43. The lowest BCUT2D eigenvalue weighted by Crippen LogP contribution is -2.34. The maximum Gasteiger partial charge on any atom is 0.271 e. The number of carbonyl (C=O) groups is 1. The molecule has 0 aliphatic carbocycles. The third-order valence-corrected chi connectivity index (χ3v) is 3.65. The summed E-state index contributed by atoms with van der Waals surface area (Å²) in [5.41, 5.74) is 0.627. The number of aromatic nitrogens is 2. The molecule has 5 heteroatoms. The molecule has 0 saturated carbocycles. The van der Waals surface area contributed by atoms with E-state index in [-0.39, 0.29) is 23.2 Å². The summed E-state index contributed by atoms with van der Waals surface area (Å²) in [5, 5.41) is 7.12. The highest BCUT2D eigenvalue weighted by Gasteiger charge is 2.13. The summed E-state index contributed by atoms with van der Waals surface area (Å²) in [5.74, 6) is -0.251. The molecule has 1 aromatic heterocycles. The number of para-hydroxylation sites is 1. The van der Waals surface area contributed by atoms with Gasteiger partial charge in [-0.25, -0.2) is 0 Å². The van der Waals surface area contributed by atoms with Crippen molar-refractivity contribution in [2.75, 3.05) is 0 Å². The van der Waals surface area contributed by atoms with E-state index in [2.05, 4.69) is 17.3 Å². The predicted molar refractivity (Wildman–Crippen MR) is 90.9 cm³/mol. The zero-order valence-corrected chi connectivity index (χ0v) is 13.7. The van der Waals surface area contributed by atoms with E-state index < -0.39 is 0 Å². The van der Waals surface area contributed by atoms with E-state index in [0.29, 0.717) is 5.69 Å². The van der Waals surface area contributed by atoms with Gasteiger partial charge < -0.3 is 5.32 Å². The molecular formula is C18H23N3O2. The largest absolute Gasteiger partial charge is 0.348 e. The lowest BCUT2D eigenvalue weighted by atomic mass is 10.1. The second kappa shape index (κ2) is 8.27. The monoisotopic (exact) mass is 313 g/mol. The van der Waals surface area contributed by atoms with Gasteiger partial charge in [0.25, 0.3) is 11.5 Å². The lowest BCUT2D eigenvalue weighted by Gasteiger charge is -2.13. The highest BCUT2D eigenvalue weighted by atomic mass is 16.2. The second-order valence-electron chi connectivity index (χ2n) is 5.67. The van der Waals surface area contributed by atoms with Crippen LogP contribution in [0.25, 0.3) is 5.69 Å². The topological polar surface area (TPSA) is 64.0 Å². The van der Waals surface area contributed by atoms with Crippen molar-refractivity contribution in [2.24, 2.45) is 0 Å². The summed E-state index contributed by atoms with van der Waals surface area (Å²) >= 11 is 0. The molecule has 1 heterocycles. The summed E-state index contributed by atoms with van der Waals surface area (Å²) < 4.78 is 1.25. The van der Waals surface area contributed by atoms with Crippen molar-refractivity contribution in [3.05, 3.63) is 58.5 Å². The molecule has 1 unspecified atom stereocenters. The Labute approximate surface area is 136 Å². The van der Waals surface area contributed by atoms with Crippen LogP contribution in [0.3, 0.4) is 0 Å². The van der Waals surface area contributed by atoms with E-state index in [1.807, 2.05) is 25.1 Å². The summed E-state index contributed by atoms with van der Waals surface area (Å²) in [6, 6.07) is 12.0. The summed E-state index contributed by atoms with van der Waals surface area (Å²) in [6.07, 6.45) is 4.36. The van der Waals surface area contributed by atoms with Gasteiger partial charge in [0.1, 0.15) is 5.69 Å². The Morgan fingerprint density at radius 3 is 2.61 bits per heavy atom. The van der Waals surface area contributed by atoms with Crippen LogP contribution in [0.5, 0.6) is 0 Å². The standard InChI is InChI=1S/C18H23N3O2/c1-3-4-6-9-14(2)19-18(23)16-12-13-17(22)21(20-16)15-10-7-5-8-11-15/h5,7-8,10-14H,3-4,6,9H2,1-2H3,(H,19,23). The third-order valence-electron chi connectivity index (χ3n) is 3.65. The first kappa shape index (κ1) is 16.9. The zero-order chi connectivity index (χ0) is 16.7. The summed E-state index contributed by atoms with van der Waals surface area (Å²) in [7, 11) is 0. The Balaban J connectivity index is 2.11. The fourth-order valence-electron chi connectivity index (χ4n) is 2.36. The number of nitrogens with zero attached hydrogens (tertiary/aromatic N) is 2. The minimum atomic E-state index is -0.260. The quantitative estimate of drug-likeness (QED) is 0.799. The van der Waals surface area contributed by atoms with Crippen molar-refractivity contribution in [1.29, 1.82) is 0 Å². The molecule has 1 aromatic carbocycles. The highest BCUT2D eigenvalue weighted by molar-refractivity contribution is 5.92. The SMILES string of the molecule is CCCCCC(C)NC(=O)c1ccc(=O)n(-c2ccccc2)n1. The van der Waals surface area contributed by atoms with Crippen LogP contribution < -0.4 is 10.9 Å². The van der Waals surface area contributed by atoms with Crippen LogP contribution in [0.1, 0.15) is 50.0 Å². The first-order valence-corrected chi connectivity index (χ1v) is 8.08. The molecule has 2 aromatic rings. The van der Waals surface area contributed by atoms with Gasteiger partial charge in [-0.1, -0.05) is 44.4 Å². The molecule has 0 aliphatic heterocycles. The smallest absolute Gasteiger partial charge is 0.271 e. The highest BCUT2D eigenvalue weighted by Crippen LogP contribution is 2.05. The molecule has 122 valence electrons. The lowest BCUT2D eigenvalue weighted by molar-refractivity contribution is 0.0931. The van der Waals surface area contributed by atoms with E-state index in [0.717, 1.165) is 25.7 Å². The minimum Gasteiger partial charge on any atom is -0.348 e. The van der Waals surface area contributed by atoms with Crippen molar-refractivity contribution in [3.8, 4) is 5.69 Å². The predicted octanol–water partition coefficient (Wildman–Crippen LogP) is 2.93. The molecule has 0 radical (unpaired) electrons. The fraction of sp³-hybridized carbons (Fsp3) is 0.389. The van der Waals surface area contributed by atoms with Crippen LogP contribution in [0.2, 0.25) is 0 Å². The van der Waals surface area contributed by atoms with Crippen molar-refractivity contribution in [3.63, 3.8) is 0 Å². The number of nitrogens with one attached hydrogen (secondary N) is 1.